The van der Waals surface area contributed by atoms with Crippen LogP contribution < -0.4 is 5.32 Å². The lowest BCUT2D eigenvalue weighted by molar-refractivity contribution is 0.137. The molecular formula is C7H17NO3. The summed E-state index contributed by atoms with van der Waals surface area (Å²) in [4.78, 5) is 8.56. The number of carbonyl (C=O) groups is 1. The molecule has 0 aromatic carbocycles. The van der Waals surface area contributed by atoms with Gasteiger partial charge in [-0.25, -0.2) is 4.79 Å². The van der Waals surface area contributed by atoms with Crippen LogP contribution in [0.15, 0.2) is 0 Å². The van der Waals surface area contributed by atoms with Gasteiger partial charge in [-0.3, -0.25) is 0 Å². The Labute approximate surface area is 67.2 Å². The SMILES string of the molecule is CCCNCCC.O=C(O)O. The van der Waals surface area contributed by atoms with E-state index in [-0.39, 0.29) is 0 Å². The maximum atomic E-state index is 8.56. The molecule has 0 aliphatic carbocycles. The lowest BCUT2D eigenvalue weighted by Crippen LogP contribution is -2.14. The van der Waals surface area contributed by atoms with Gasteiger partial charge < -0.3 is 15.5 Å². The monoisotopic (exact) mass is 163 g/mol. The molecule has 0 aliphatic rings. The van der Waals surface area contributed by atoms with Gasteiger partial charge in [-0.1, -0.05) is 13.8 Å². The average Bonchev–Trinajstić information content (AvgIpc) is 1.88. The predicted octanol–water partition coefficient (Wildman–Crippen LogP) is 1.62. The number of nitrogens with one attached hydrogen (secondary N) is 1. The molecule has 0 aromatic rings. The summed E-state index contributed by atoms with van der Waals surface area (Å²) in [5.74, 6) is 0. The molecule has 4 nitrogen and oxygen atoms in total. The molecule has 0 aromatic heterocycles. The van der Waals surface area contributed by atoms with Crippen LogP contribution in [0.3, 0.4) is 0 Å². The van der Waals surface area contributed by atoms with Gasteiger partial charge in [-0.05, 0) is 25.9 Å². The normalized spacial score (nSPS) is 8.18. The molecule has 0 aliphatic heterocycles. The second-order valence-corrected chi connectivity index (χ2v) is 2.03. The summed E-state index contributed by atoms with van der Waals surface area (Å²) < 4.78 is 0. The topological polar surface area (TPSA) is 69.6 Å². The smallest absolute Gasteiger partial charge is 0.450 e. The molecule has 11 heavy (non-hydrogen) atoms. The van der Waals surface area contributed by atoms with Crippen molar-refractivity contribution in [2.24, 2.45) is 0 Å². The van der Waals surface area contributed by atoms with Crippen LogP contribution in [0.5, 0.6) is 0 Å². The van der Waals surface area contributed by atoms with Crippen LogP contribution in [0.25, 0.3) is 0 Å². The van der Waals surface area contributed by atoms with Crippen LogP contribution >= 0.6 is 0 Å². The van der Waals surface area contributed by atoms with E-state index < -0.39 is 6.16 Å². The highest BCUT2D eigenvalue weighted by Crippen LogP contribution is 1.71. The van der Waals surface area contributed by atoms with Crippen molar-refractivity contribution in [2.75, 3.05) is 13.1 Å². The fourth-order valence-corrected chi connectivity index (χ4v) is 0.479. The maximum absolute atomic E-state index is 8.56. The predicted molar refractivity (Wildman–Crippen MR) is 44.1 cm³/mol. The Morgan fingerprint density at radius 3 is 1.64 bits per heavy atom. The van der Waals surface area contributed by atoms with Crippen molar-refractivity contribution in [1.82, 2.24) is 5.32 Å². The van der Waals surface area contributed by atoms with Gasteiger partial charge in [-0.2, -0.15) is 0 Å². The van der Waals surface area contributed by atoms with Gasteiger partial charge in [0.2, 0.25) is 0 Å². The molecule has 4 heteroatoms. The Hall–Kier alpha value is -0.770. The van der Waals surface area contributed by atoms with Crippen molar-refractivity contribution < 1.29 is 15.0 Å². The van der Waals surface area contributed by atoms with E-state index in [0.29, 0.717) is 0 Å². The van der Waals surface area contributed by atoms with E-state index in [4.69, 9.17) is 15.0 Å². The highest BCUT2D eigenvalue weighted by Gasteiger charge is 1.76. The molecule has 0 spiro atoms. The Balaban J connectivity index is 0. The third-order valence-corrected chi connectivity index (χ3v) is 0.854. The Kier molecular flexibility index (Phi) is 14.0. The van der Waals surface area contributed by atoms with E-state index >= 15 is 0 Å². The van der Waals surface area contributed by atoms with E-state index in [1.807, 2.05) is 0 Å². The summed E-state index contributed by atoms with van der Waals surface area (Å²) in [6.45, 7) is 6.72. The third-order valence-electron chi connectivity index (χ3n) is 0.854. The van der Waals surface area contributed by atoms with Crippen molar-refractivity contribution in [1.29, 1.82) is 0 Å². The van der Waals surface area contributed by atoms with Gasteiger partial charge in [0.15, 0.2) is 0 Å². The highest BCUT2D eigenvalue weighted by molar-refractivity contribution is 5.53. The molecular weight excluding hydrogens is 146 g/mol. The summed E-state index contributed by atoms with van der Waals surface area (Å²) in [6, 6.07) is 0. The lowest BCUT2D eigenvalue weighted by Gasteiger charge is -1.95. The fourth-order valence-electron chi connectivity index (χ4n) is 0.479. The van der Waals surface area contributed by atoms with Crippen LogP contribution in [-0.2, 0) is 0 Å². The minimum atomic E-state index is -1.83. The summed E-state index contributed by atoms with van der Waals surface area (Å²) >= 11 is 0. The molecule has 3 N–H and O–H groups in total. The first-order valence-electron chi connectivity index (χ1n) is 3.77. The summed E-state index contributed by atoms with van der Waals surface area (Å²) in [7, 11) is 0. The van der Waals surface area contributed by atoms with Crippen LogP contribution in [0.2, 0.25) is 0 Å². The van der Waals surface area contributed by atoms with Gasteiger partial charge >= 0.3 is 6.16 Å². The van der Waals surface area contributed by atoms with E-state index in [2.05, 4.69) is 19.2 Å². The summed E-state index contributed by atoms with van der Waals surface area (Å²) in [5.41, 5.74) is 0. The summed E-state index contributed by atoms with van der Waals surface area (Å²) in [6.07, 6.45) is 0.667. The van der Waals surface area contributed by atoms with Crippen molar-refractivity contribution >= 4 is 6.16 Å². The molecule has 0 radical (unpaired) electrons. The van der Waals surface area contributed by atoms with Crippen LogP contribution in [0.4, 0.5) is 4.79 Å². The summed E-state index contributed by atoms with van der Waals surface area (Å²) in [5, 5.41) is 17.2. The minimum absolute atomic E-state index is 1.17. The molecule has 0 unspecified atom stereocenters. The quantitative estimate of drug-likeness (QED) is 0.551. The Bertz CT molecular complexity index is 77.8. The Morgan fingerprint density at radius 1 is 1.18 bits per heavy atom. The van der Waals surface area contributed by atoms with Crippen molar-refractivity contribution in [3.63, 3.8) is 0 Å². The zero-order valence-electron chi connectivity index (χ0n) is 7.13. The zero-order valence-corrected chi connectivity index (χ0v) is 7.13. The van der Waals surface area contributed by atoms with Crippen LogP contribution in [0.1, 0.15) is 26.7 Å². The van der Waals surface area contributed by atoms with E-state index in [9.17, 15) is 0 Å². The molecule has 0 saturated carbocycles. The number of hydrogen-bond acceptors (Lipinski definition) is 2. The van der Waals surface area contributed by atoms with Crippen LogP contribution in [0, 0.1) is 0 Å². The van der Waals surface area contributed by atoms with E-state index in [1.165, 1.54) is 25.9 Å². The molecule has 0 bridgehead atoms. The largest absolute Gasteiger partial charge is 0.503 e. The van der Waals surface area contributed by atoms with E-state index in [1.54, 1.807) is 0 Å². The molecule has 0 atom stereocenters. The van der Waals surface area contributed by atoms with Crippen molar-refractivity contribution in [2.45, 2.75) is 26.7 Å². The molecule has 0 fully saturated rings. The first-order valence-corrected chi connectivity index (χ1v) is 3.77. The second-order valence-electron chi connectivity index (χ2n) is 2.03. The highest BCUT2D eigenvalue weighted by atomic mass is 16.6. The number of rotatable bonds is 4. The zero-order chi connectivity index (χ0) is 9.11. The third kappa shape index (κ3) is 46.2. The fraction of sp³-hybridized carbons (Fsp3) is 0.857. The molecule has 0 rings (SSSR count). The van der Waals surface area contributed by atoms with Crippen molar-refractivity contribution in [3.8, 4) is 0 Å². The molecule has 0 amide bonds. The molecule has 68 valence electrons. The van der Waals surface area contributed by atoms with Gasteiger partial charge in [0.25, 0.3) is 0 Å². The molecule has 0 saturated heterocycles. The van der Waals surface area contributed by atoms with Crippen molar-refractivity contribution in [3.05, 3.63) is 0 Å². The van der Waals surface area contributed by atoms with Gasteiger partial charge in [0.1, 0.15) is 0 Å². The number of carboxylic acid groups (broad SMARTS) is 2. The standard InChI is InChI=1S/C6H15N.CH2O3/c1-3-5-7-6-4-2;2-1(3)4/h7H,3-6H2,1-2H3;(H2,2,3,4). The van der Waals surface area contributed by atoms with Gasteiger partial charge in [0.05, 0.1) is 0 Å². The van der Waals surface area contributed by atoms with Crippen LogP contribution in [-0.4, -0.2) is 29.5 Å². The Morgan fingerprint density at radius 2 is 1.45 bits per heavy atom. The first-order chi connectivity index (χ1) is 5.15. The van der Waals surface area contributed by atoms with Gasteiger partial charge in [0, 0.05) is 0 Å². The maximum Gasteiger partial charge on any atom is 0.503 e. The average molecular weight is 163 g/mol. The lowest BCUT2D eigenvalue weighted by atomic mass is 10.4. The van der Waals surface area contributed by atoms with E-state index in [0.717, 1.165) is 0 Å². The minimum Gasteiger partial charge on any atom is -0.450 e. The number of hydrogen-bond donors (Lipinski definition) is 3. The first kappa shape index (κ1) is 12.9. The van der Waals surface area contributed by atoms with Gasteiger partial charge in [-0.15, -0.1) is 0 Å². The second kappa shape index (κ2) is 12.0. The molecule has 0 heterocycles.